The van der Waals surface area contributed by atoms with Gasteiger partial charge in [0.1, 0.15) is 12.7 Å². The predicted molar refractivity (Wildman–Crippen MR) is 95.0 cm³/mol. The van der Waals surface area contributed by atoms with E-state index >= 15 is 0 Å². The molecule has 2 heterocycles. The summed E-state index contributed by atoms with van der Waals surface area (Å²) in [6.45, 7) is 3.67. The average Bonchev–Trinajstić information content (AvgIpc) is 2.65. The highest BCUT2D eigenvalue weighted by Gasteiger charge is 2.35. The summed E-state index contributed by atoms with van der Waals surface area (Å²) in [4.78, 5) is 21.5. The Morgan fingerprint density at radius 2 is 1.62 bits per heavy atom. The maximum atomic E-state index is 12.5. The van der Waals surface area contributed by atoms with Crippen LogP contribution < -0.4 is 9.47 Å². The second-order valence-electron chi connectivity index (χ2n) is 6.16. The van der Waals surface area contributed by atoms with E-state index in [0.29, 0.717) is 17.2 Å². The molecule has 0 N–H and O–H groups in total. The van der Waals surface area contributed by atoms with Gasteiger partial charge in [-0.1, -0.05) is 24.3 Å². The normalized spacial score (nSPS) is 18.5. The molecule has 3 aromatic rings. The number of fused-ring (bicyclic) bond motifs is 2. The number of para-hydroxylation sites is 4. The van der Waals surface area contributed by atoms with Crippen molar-refractivity contribution in [2.24, 2.45) is 0 Å². The summed E-state index contributed by atoms with van der Waals surface area (Å²) in [5, 5.41) is 0. The summed E-state index contributed by atoms with van der Waals surface area (Å²) in [5.74, 6) is 0.677. The number of nitrogens with zero attached hydrogens (tertiary/aromatic N) is 2. The summed E-state index contributed by atoms with van der Waals surface area (Å²) in [6.07, 6.45) is -1.26. The molecule has 4 rings (SSSR count). The second-order valence-corrected chi connectivity index (χ2v) is 6.16. The second kappa shape index (κ2) is 6.63. The fourth-order valence-corrected chi connectivity index (χ4v) is 2.86. The van der Waals surface area contributed by atoms with Gasteiger partial charge in [-0.3, -0.25) is 0 Å². The molecule has 2 aromatic carbocycles. The first kappa shape index (κ1) is 16.3. The van der Waals surface area contributed by atoms with Gasteiger partial charge < -0.3 is 14.2 Å². The molecular weight excluding hydrogens is 332 g/mol. The van der Waals surface area contributed by atoms with Crippen molar-refractivity contribution in [1.29, 1.82) is 0 Å². The van der Waals surface area contributed by atoms with Crippen LogP contribution in [0.4, 0.5) is 0 Å². The standard InChI is InChI=1S/C20H18N2O4/c1-12-16(22-15-8-4-3-7-14(15)21-12)11-24-20(23)19-13(2)25-17-9-5-6-10-18(17)26-19/h3-10,13,19H,11H2,1-2H3/t13-,19+/m0/s1. The van der Waals surface area contributed by atoms with E-state index in [1.165, 1.54) is 0 Å². The summed E-state index contributed by atoms with van der Waals surface area (Å²) in [6, 6.07) is 14.8. The van der Waals surface area contributed by atoms with Gasteiger partial charge in [-0.05, 0) is 38.1 Å². The fourth-order valence-electron chi connectivity index (χ4n) is 2.86. The number of rotatable bonds is 3. The monoisotopic (exact) mass is 350 g/mol. The number of hydrogen-bond acceptors (Lipinski definition) is 6. The van der Waals surface area contributed by atoms with Gasteiger partial charge in [-0.2, -0.15) is 0 Å². The van der Waals surface area contributed by atoms with Gasteiger partial charge in [0.25, 0.3) is 0 Å². The number of benzene rings is 2. The maximum Gasteiger partial charge on any atom is 0.351 e. The number of hydrogen-bond donors (Lipinski definition) is 0. The summed E-state index contributed by atoms with van der Waals surface area (Å²) < 4.78 is 16.9. The molecule has 0 radical (unpaired) electrons. The molecular formula is C20H18N2O4. The zero-order chi connectivity index (χ0) is 18.1. The highest BCUT2D eigenvalue weighted by Crippen LogP contribution is 2.33. The van der Waals surface area contributed by atoms with Crippen molar-refractivity contribution >= 4 is 17.0 Å². The Morgan fingerprint density at radius 3 is 2.35 bits per heavy atom. The predicted octanol–water partition coefficient (Wildman–Crippen LogP) is 3.21. The lowest BCUT2D eigenvalue weighted by Crippen LogP contribution is -2.44. The lowest BCUT2D eigenvalue weighted by Gasteiger charge is -2.30. The highest BCUT2D eigenvalue weighted by atomic mass is 16.6. The lowest BCUT2D eigenvalue weighted by atomic mass is 10.2. The quantitative estimate of drug-likeness (QED) is 0.676. The molecule has 6 heteroatoms. The molecule has 132 valence electrons. The minimum absolute atomic E-state index is 0.0384. The molecule has 0 fully saturated rings. The van der Waals surface area contributed by atoms with Gasteiger partial charge in [0.05, 0.1) is 22.4 Å². The van der Waals surface area contributed by atoms with Crippen LogP contribution in [0.1, 0.15) is 18.3 Å². The average molecular weight is 350 g/mol. The number of carbonyl (C=O) groups is 1. The third kappa shape index (κ3) is 3.06. The van der Waals surface area contributed by atoms with Gasteiger partial charge in [-0.15, -0.1) is 0 Å². The summed E-state index contributed by atoms with van der Waals surface area (Å²) in [7, 11) is 0. The molecule has 2 atom stereocenters. The topological polar surface area (TPSA) is 70.5 Å². The van der Waals surface area contributed by atoms with E-state index in [9.17, 15) is 4.79 Å². The van der Waals surface area contributed by atoms with E-state index in [1.54, 1.807) is 19.1 Å². The van der Waals surface area contributed by atoms with E-state index in [4.69, 9.17) is 14.2 Å². The van der Waals surface area contributed by atoms with E-state index in [-0.39, 0.29) is 6.61 Å². The van der Waals surface area contributed by atoms with Crippen LogP contribution in [0.3, 0.4) is 0 Å². The van der Waals surface area contributed by atoms with Crippen LogP contribution in [0.2, 0.25) is 0 Å². The largest absolute Gasteiger partial charge is 0.482 e. The van der Waals surface area contributed by atoms with Crippen LogP contribution >= 0.6 is 0 Å². The molecule has 0 amide bonds. The van der Waals surface area contributed by atoms with Crippen molar-refractivity contribution in [2.75, 3.05) is 0 Å². The minimum Gasteiger partial charge on any atom is -0.482 e. The Balaban J connectivity index is 1.48. The van der Waals surface area contributed by atoms with Gasteiger partial charge in [0, 0.05) is 0 Å². The van der Waals surface area contributed by atoms with Crippen LogP contribution in [0.25, 0.3) is 11.0 Å². The van der Waals surface area contributed by atoms with Crippen molar-refractivity contribution in [3.63, 3.8) is 0 Å². The fraction of sp³-hybridized carbons (Fsp3) is 0.250. The number of ether oxygens (including phenoxy) is 3. The Kier molecular flexibility index (Phi) is 4.16. The first-order valence-electron chi connectivity index (χ1n) is 8.43. The van der Waals surface area contributed by atoms with Gasteiger partial charge in [0.2, 0.25) is 6.10 Å². The third-order valence-corrected chi connectivity index (χ3v) is 4.27. The van der Waals surface area contributed by atoms with E-state index in [1.807, 2.05) is 43.3 Å². The first-order chi connectivity index (χ1) is 12.6. The van der Waals surface area contributed by atoms with Crippen LogP contribution in [-0.4, -0.2) is 28.1 Å². The highest BCUT2D eigenvalue weighted by molar-refractivity contribution is 5.77. The van der Waals surface area contributed by atoms with Gasteiger partial charge in [0.15, 0.2) is 11.5 Å². The minimum atomic E-state index is -0.821. The molecule has 0 saturated carbocycles. The van der Waals surface area contributed by atoms with Crippen LogP contribution in [0.15, 0.2) is 48.5 Å². The van der Waals surface area contributed by atoms with E-state index in [0.717, 1.165) is 16.7 Å². The van der Waals surface area contributed by atoms with Crippen molar-refractivity contribution in [2.45, 2.75) is 32.7 Å². The van der Waals surface area contributed by atoms with Crippen molar-refractivity contribution in [1.82, 2.24) is 9.97 Å². The molecule has 0 saturated heterocycles. The number of carbonyl (C=O) groups excluding carboxylic acids is 1. The number of aromatic nitrogens is 2. The smallest absolute Gasteiger partial charge is 0.351 e. The number of esters is 1. The summed E-state index contributed by atoms with van der Waals surface area (Å²) in [5.41, 5.74) is 2.94. The lowest BCUT2D eigenvalue weighted by molar-refractivity contribution is -0.159. The Bertz CT molecular complexity index is 973. The number of aryl methyl sites for hydroxylation is 1. The molecule has 0 aliphatic carbocycles. The zero-order valence-corrected chi connectivity index (χ0v) is 14.5. The van der Waals surface area contributed by atoms with Crippen molar-refractivity contribution in [3.05, 3.63) is 59.9 Å². The third-order valence-electron chi connectivity index (χ3n) is 4.27. The molecule has 0 bridgehead atoms. The Morgan fingerprint density at radius 1 is 1.00 bits per heavy atom. The molecule has 1 aromatic heterocycles. The van der Waals surface area contributed by atoms with Crippen LogP contribution in [0.5, 0.6) is 11.5 Å². The molecule has 0 unspecified atom stereocenters. The molecule has 0 spiro atoms. The molecule has 6 nitrogen and oxygen atoms in total. The van der Waals surface area contributed by atoms with Crippen molar-refractivity contribution < 1.29 is 19.0 Å². The first-order valence-corrected chi connectivity index (χ1v) is 8.43. The molecule has 1 aliphatic rings. The molecule has 26 heavy (non-hydrogen) atoms. The van der Waals surface area contributed by atoms with Crippen molar-refractivity contribution in [3.8, 4) is 11.5 Å². The Labute approximate surface area is 150 Å². The van der Waals surface area contributed by atoms with E-state index < -0.39 is 18.2 Å². The van der Waals surface area contributed by atoms with Gasteiger partial charge >= 0.3 is 5.97 Å². The maximum absolute atomic E-state index is 12.5. The Hall–Kier alpha value is -3.15. The van der Waals surface area contributed by atoms with E-state index in [2.05, 4.69) is 9.97 Å². The van der Waals surface area contributed by atoms with Crippen LogP contribution in [0, 0.1) is 6.92 Å². The molecule has 1 aliphatic heterocycles. The van der Waals surface area contributed by atoms with Gasteiger partial charge in [-0.25, -0.2) is 14.8 Å². The zero-order valence-electron chi connectivity index (χ0n) is 14.5. The SMILES string of the molecule is Cc1nc2ccccc2nc1COC(=O)[C@@H]1Oc2ccccc2O[C@H]1C. The van der Waals surface area contributed by atoms with Crippen LogP contribution in [-0.2, 0) is 16.1 Å². The summed E-state index contributed by atoms with van der Waals surface area (Å²) >= 11 is 0.